The lowest BCUT2D eigenvalue weighted by atomic mass is 10.1. The lowest BCUT2D eigenvalue weighted by Gasteiger charge is -2.02. The van der Waals surface area contributed by atoms with Gasteiger partial charge in [-0.05, 0) is 34.5 Å². The van der Waals surface area contributed by atoms with Gasteiger partial charge >= 0.3 is 5.97 Å². The highest BCUT2D eigenvalue weighted by atomic mass is 79.9. The van der Waals surface area contributed by atoms with Gasteiger partial charge in [-0.1, -0.05) is 12.1 Å². The number of alkyl halides is 1. The number of hydrogen-bond donors (Lipinski definition) is 0. The van der Waals surface area contributed by atoms with E-state index in [1.807, 2.05) is 19.1 Å². The third-order valence-electron chi connectivity index (χ3n) is 1.98. The fraction of sp³-hybridized carbons (Fsp3) is 0.222. The first-order valence-corrected chi connectivity index (χ1v) is 4.56. The number of rotatable bonds is 0. The Kier molecular flexibility index (Phi) is 1.68. The molecule has 0 saturated heterocycles. The average molecular weight is 227 g/mol. The fourth-order valence-corrected chi connectivity index (χ4v) is 2.15. The smallest absolute Gasteiger partial charge is 0.340 e. The van der Waals surface area contributed by atoms with Crippen LogP contribution in [0.15, 0.2) is 18.2 Å². The van der Waals surface area contributed by atoms with Crippen LogP contribution in [0.3, 0.4) is 0 Å². The van der Waals surface area contributed by atoms with Gasteiger partial charge in [-0.15, -0.1) is 0 Å². The third kappa shape index (κ3) is 0.966. The molecule has 0 radical (unpaired) electrons. The normalized spacial score (nSPS) is 20.5. The van der Waals surface area contributed by atoms with Crippen LogP contribution in [0.25, 0.3) is 0 Å². The van der Waals surface area contributed by atoms with E-state index in [0.29, 0.717) is 5.56 Å². The van der Waals surface area contributed by atoms with Crippen LogP contribution < -0.4 is 0 Å². The highest BCUT2D eigenvalue weighted by Gasteiger charge is 2.29. The molecule has 1 unspecified atom stereocenters. The maximum atomic E-state index is 11.2. The molecular formula is C9H7BrO2. The zero-order valence-corrected chi connectivity index (χ0v) is 8.09. The predicted octanol–water partition coefficient (Wildman–Crippen LogP) is 2.56. The van der Waals surface area contributed by atoms with Gasteiger partial charge in [-0.25, -0.2) is 4.79 Å². The van der Waals surface area contributed by atoms with Gasteiger partial charge in [0.05, 0.1) is 5.56 Å². The fourth-order valence-electron chi connectivity index (χ4n) is 1.38. The average Bonchev–Trinajstić information content (AvgIpc) is 2.29. The summed E-state index contributed by atoms with van der Waals surface area (Å²) in [5.41, 5.74) is 2.72. The number of esters is 1. The number of halogens is 1. The van der Waals surface area contributed by atoms with Gasteiger partial charge < -0.3 is 4.74 Å². The van der Waals surface area contributed by atoms with Crippen molar-refractivity contribution >= 4 is 21.9 Å². The van der Waals surface area contributed by atoms with Crippen LogP contribution in [0.2, 0.25) is 0 Å². The van der Waals surface area contributed by atoms with Crippen molar-refractivity contribution in [3.05, 3.63) is 34.9 Å². The summed E-state index contributed by atoms with van der Waals surface area (Å²) in [6.07, 6.45) is 0. The number of fused-ring (bicyclic) bond motifs is 1. The first-order chi connectivity index (χ1) is 5.70. The first-order valence-electron chi connectivity index (χ1n) is 3.64. The van der Waals surface area contributed by atoms with Crippen molar-refractivity contribution in [2.24, 2.45) is 0 Å². The van der Waals surface area contributed by atoms with Crippen molar-refractivity contribution in [2.75, 3.05) is 0 Å². The largest absolute Gasteiger partial charge is 0.442 e. The Balaban J connectivity index is 2.67. The molecule has 2 nitrogen and oxygen atoms in total. The standard InChI is InChI=1S/C9H7BrO2/c1-5-3-2-4-6-7(5)8(10)12-9(6)11/h2-4,8H,1H3. The second-order valence-electron chi connectivity index (χ2n) is 2.76. The van der Waals surface area contributed by atoms with Crippen LogP contribution in [0, 0.1) is 6.92 Å². The van der Waals surface area contributed by atoms with Crippen LogP contribution in [-0.2, 0) is 4.74 Å². The van der Waals surface area contributed by atoms with E-state index in [-0.39, 0.29) is 11.0 Å². The topological polar surface area (TPSA) is 26.3 Å². The van der Waals surface area contributed by atoms with Crippen molar-refractivity contribution in [3.63, 3.8) is 0 Å². The lowest BCUT2D eigenvalue weighted by molar-refractivity contribution is 0.0530. The predicted molar refractivity (Wildman–Crippen MR) is 48.3 cm³/mol. The molecule has 1 aromatic carbocycles. The molecule has 0 aromatic heterocycles. The number of benzene rings is 1. The molecule has 1 aromatic rings. The molecule has 1 aliphatic heterocycles. The highest BCUT2D eigenvalue weighted by molar-refractivity contribution is 9.09. The number of hydrogen-bond acceptors (Lipinski definition) is 2. The van der Waals surface area contributed by atoms with Crippen LogP contribution in [-0.4, -0.2) is 5.97 Å². The summed E-state index contributed by atoms with van der Waals surface area (Å²) in [6, 6.07) is 5.61. The van der Waals surface area contributed by atoms with Crippen molar-refractivity contribution in [1.82, 2.24) is 0 Å². The molecule has 0 bridgehead atoms. The van der Waals surface area contributed by atoms with Crippen molar-refractivity contribution in [3.8, 4) is 0 Å². The molecule has 0 fully saturated rings. The molecular weight excluding hydrogens is 220 g/mol. The van der Waals surface area contributed by atoms with Crippen LogP contribution in [0.5, 0.6) is 0 Å². The van der Waals surface area contributed by atoms with Crippen LogP contribution in [0.4, 0.5) is 0 Å². The van der Waals surface area contributed by atoms with E-state index in [1.165, 1.54) is 0 Å². The summed E-state index contributed by atoms with van der Waals surface area (Å²) in [4.78, 5) is 11.2. The van der Waals surface area contributed by atoms with E-state index >= 15 is 0 Å². The maximum absolute atomic E-state index is 11.2. The van der Waals surface area contributed by atoms with Gasteiger partial charge in [0, 0.05) is 5.56 Å². The van der Waals surface area contributed by atoms with Gasteiger partial charge in [0.2, 0.25) is 0 Å². The van der Waals surface area contributed by atoms with Crippen molar-refractivity contribution < 1.29 is 9.53 Å². The van der Waals surface area contributed by atoms with E-state index in [0.717, 1.165) is 11.1 Å². The Hall–Kier alpha value is -0.830. The van der Waals surface area contributed by atoms with E-state index in [9.17, 15) is 4.79 Å². The van der Waals surface area contributed by atoms with Gasteiger partial charge in [0.1, 0.15) is 0 Å². The van der Waals surface area contributed by atoms with Gasteiger partial charge in [0.15, 0.2) is 5.01 Å². The van der Waals surface area contributed by atoms with Gasteiger partial charge in [0.25, 0.3) is 0 Å². The number of carbonyl (C=O) groups excluding carboxylic acids is 1. The van der Waals surface area contributed by atoms with E-state index < -0.39 is 0 Å². The molecule has 12 heavy (non-hydrogen) atoms. The lowest BCUT2D eigenvalue weighted by Crippen LogP contribution is -1.93. The summed E-state index contributed by atoms with van der Waals surface area (Å²) in [7, 11) is 0. The molecule has 62 valence electrons. The summed E-state index contributed by atoms with van der Waals surface area (Å²) >= 11 is 3.29. The zero-order valence-electron chi connectivity index (χ0n) is 6.50. The van der Waals surface area contributed by atoms with Crippen molar-refractivity contribution in [1.29, 1.82) is 0 Å². The molecule has 0 spiro atoms. The second kappa shape index (κ2) is 2.59. The molecule has 0 saturated carbocycles. The maximum Gasteiger partial charge on any atom is 0.340 e. The molecule has 1 aliphatic rings. The van der Waals surface area contributed by atoms with E-state index in [4.69, 9.17) is 4.74 Å². The van der Waals surface area contributed by atoms with E-state index in [1.54, 1.807) is 6.07 Å². The quantitative estimate of drug-likeness (QED) is 0.502. The minimum absolute atomic E-state index is 0.240. The first kappa shape index (κ1) is 7.80. The zero-order chi connectivity index (χ0) is 8.72. The second-order valence-corrected chi connectivity index (χ2v) is 3.59. The number of aryl methyl sites for hydroxylation is 1. The minimum Gasteiger partial charge on any atom is -0.442 e. The SMILES string of the molecule is Cc1cccc2c1C(Br)OC2=O. The summed E-state index contributed by atoms with van der Waals surface area (Å²) in [6.45, 7) is 1.97. The Morgan fingerprint density at radius 1 is 1.50 bits per heavy atom. The van der Waals surface area contributed by atoms with Crippen LogP contribution >= 0.6 is 15.9 Å². The van der Waals surface area contributed by atoms with Gasteiger partial charge in [-0.2, -0.15) is 0 Å². The Bertz CT molecular complexity index is 346. The summed E-state index contributed by atoms with van der Waals surface area (Å²) < 4.78 is 4.99. The summed E-state index contributed by atoms with van der Waals surface area (Å²) in [5, 5.41) is -0.263. The Morgan fingerprint density at radius 3 is 2.92 bits per heavy atom. The molecule has 3 heteroatoms. The number of cyclic esters (lactones) is 1. The number of carbonyl (C=O) groups is 1. The summed E-state index contributed by atoms with van der Waals surface area (Å²) in [5.74, 6) is -0.240. The third-order valence-corrected chi connectivity index (χ3v) is 2.63. The van der Waals surface area contributed by atoms with Crippen molar-refractivity contribution in [2.45, 2.75) is 11.9 Å². The van der Waals surface area contributed by atoms with Gasteiger partial charge in [-0.3, -0.25) is 0 Å². The van der Waals surface area contributed by atoms with Crippen LogP contribution in [0.1, 0.15) is 26.5 Å². The molecule has 1 heterocycles. The molecule has 0 aliphatic carbocycles. The molecule has 0 amide bonds. The minimum atomic E-state index is -0.263. The monoisotopic (exact) mass is 226 g/mol. The highest BCUT2D eigenvalue weighted by Crippen LogP contribution is 2.36. The Labute approximate surface area is 78.7 Å². The molecule has 0 N–H and O–H groups in total. The van der Waals surface area contributed by atoms with E-state index in [2.05, 4.69) is 15.9 Å². The molecule has 2 rings (SSSR count). The Morgan fingerprint density at radius 2 is 2.25 bits per heavy atom. The number of ether oxygens (including phenoxy) is 1. The molecule has 1 atom stereocenters.